The van der Waals surface area contributed by atoms with E-state index in [9.17, 15) is 4.21 Å². The maximum atomic E-state index is 11.2. The Labute approximate surface area is 108 Å². The van der Waals surface area contributed by atoms with Crippen molar-refractivity contribution >= 4 is 10.8 Å². The lowest BCUT2D eigenvalue weighted by molar-refractivity contribution is 0.179. The molecule has 0 radical (unpaired) electrons. The van der Waals surface area contributed by atoms with E-state index in [-0.39, 0.29) is 0 Å². The third kappa shape index (κ3) is 3.76. The monoisotopic (exact) mass is 258 g/mol. The SMILES string of the molecule is CC(CCS(C)=O)N1CCCN2CCCC2C1. The highest BCUT2D eigenvalue weighted by Crippen LogP contribution is 2.22. The van der Waals surface area contributed by atoms with Crippen LogP contribution < -0.4 is 0 Å². The first-order chi connectivity index (χ1) is 8.16. The topological polar surface area (TPSA) is 23.6 Å². The minimum Gasteiger partial charge on any atom is -0.299 e. The van der Waals surface area contributed by atoms with Gasteiger partial charge in [-0.3, -0.25) is 14.0 Å². The lowest BCUT2D eigenvalue weighted by Gasteiger charge is -2.30. The van der Waals surface area contributed by atoms with Crippen molar-refractivity contribution in [2.45, 2.75) is 44.7 Å². The number of hydrogen-bond acceptors (Lipinski definition) is 3. The van der Waals surface area contributed by atoms with Gasteiger partial charge in [0.05, 0.1) is 0 Å². The molecule has 2 aliphatic rings. The molecule has 2 saturated heterocycles. The van der Waals surface area contributed by atoms with Crippen molar-refractivity contribution < 1.29 is 4.21 Å². The Morgan fingerprint density at radius 3 is 2.82 bits per heavy atom. The van der Waals surface area contributed by atoms with Gasteiger partial charge in [-0.15, -0.1) is 0 Å². The second-order valence-corrected chi connectivity index (χ2v) is 7.15. The Morgan fingerprint density at radius 2 is 2.06 bits per heavy atom. The molecular formula is C13H26N2OS. The van der Waals surface area contributed by atoms with Crippen LogP contribution in [0.4, 0.5) is 0 Å². The normalized spacial score (nSPS) is 30.8. The summed E-state index contributed by atoms with van der Waals surface area (Å²) in [6.07, 6.45) is 6.95. The highest BCUT2D eigenvalue weighted by molar-refractivity contribution is 7.84. The van der Waals surface area contributed by atoms with Crippen LogP contribution in [0.5, 0.6) is 0 Å². The molecule has 0 bridgehead atoms. The van der Waals surface area contributed by atoms with E-state index < -0.39 is 10.8 Å². The average molecular weight is 258 g/mol. The molecule has 0 amide bonds. The zero-order chi connectivity index (χ0) is 12.3. The molecule has 17 heavy (non-hydrogen) atoms. The van der Waals surface area contributed by atoms with Gasteiger partial charge in [0.1, 0.15) is 0 Å². The van der Waals surface area contributed by atoms with E-state index in [2.05, 4.69) is 16.7 Å². The molecular weight excluding hydrogens is 232 g/mol. The van der Waals surface area contributed by atoms with Gasteiger partial charge in [0.25, 0.3) is 0 Å². The molecule has 0 aromatic heterocycles. The summed E-state index contributed by atoms with van der Waals surface area (Å²) >= 11 is 0. The first kappa shape index (κ1) is 13.5. The fourth-order valence-electron chi connectivity index (χ4n) is 3.15. The number of fused-ring (bicyclic) bond motifs is 1. The standard InChI is InChI=1S/C13H26N2OS/c1-12(6-10-17(2)16)15-9-4-8-14-7-3-5-13(14)11-15/h12-13H,3-11H2,1-2H3. The van der Waals surface area contributed by atoms with Gasteiger partial charge in [0, 0.05) is 41.4 Å². The van der Waals surface area contributed by atoms with E-state index in [1.165, 1.54) is 45.4 Å². The van der Waals surface area contributed by atoms with Gasteiger partial charge < -0.3 is 0 Å². The highest BCUT2D eigenvalue weighted by atomic mass is 32.2. The minimum atomic E-state index is -0.637. The summed E-state index contributed by atoms with van der Waals surface area (Å²) in [6, 6.07) is 1.39. The molecule has 0 aliphatic carbocycles. The fourth-order valence-corrected chi connectivity index (χ4v) is 3.83. The Bertz CT molecular complexity index is 272. The van der Waals surface area contributed by atoms with Crippen LogP contribution in [0.15, 0.2) is 0 Å². The molecule has 3 atom stereocenters. The van der Waals surface area contributed by atoms with Gasteiger partial charge in [-0.1, -0.05) is 0 Å². The van der Waals surface area contributed by atoms with Gasteiger partial charge in [-0.2, -0.15) is 0 Å². The summed E-state index contributed by atoms with van der Waals surface area (Å²) in [5, 5.41) is 0. The number of rotatable bonds is 4. The van der Waals surface area contributed by atoms with Crippen LogP contribution in [0.2, 0.25) is 0 Å². The second-order valence-electron chi connectivity index (χ2n) is 5.60. The highest BCUT2D eigenvalue weighted by Gasteiger charge is 2.30. The van der Waals surface area contributed by atoms with E-state index in [1.807, 2.05) is 6.26 Å². The first-order valence-corrected chi connectivity index (χ1v) is 8.67. The zero-order valence-electron chi connectivity index (χ0n) is 11.2. The van der Waals surface area contributed by atoms with Crippen LogP contribution in [-0.2, 0) is 10.8 Å². The summed E-state index contributed by atoms with van der Waals surface area (Å²) in [5.41, 5.74) is 0. The van der Waals surface area contributed by atoms with Crippen LogP contribution in [0.25, 0.3) is 0 Å². The van der Waals surface area contributed by atoms with E-state index in [0.717, 1.165) is 18.2 Å². The molecule has 3 unspecified atom stereocenters. The Balaban J connectivity index is 1.85. The molecule has 0 N–H and O–H groups in total. The van der Waals surface area contributed by atoms with E-state index >= 15 is 0 Å². The van der Waals surface area contributed by atoms with Gasteiger partial charge >= 0.3 is 0 Å². The number of nitrogens with zero attached hydrogens (tertiary/aromatic N) is 2. The summed E-state index contributed by atoms with van der Waals surface area (Å²) in [5.74, 6) is 0.853. The van der Waals surface area contributed by atoms with Crippen LogP contribution in [-0.4, -0.2) is 64.3 Å². The summed E-state index contributed by atoms with van der Waals surface area (Å²) in [6.45, 7) is 7.36. The largest absolute Gasteiger partial charge is 0.299 e. The molecule has 0 spiro atoms. The number of hydrogen-bond donors (Lipinski definition) is 0. The predicted molar refractivity (Wildman–Crippen MR) is 73.8 cm³/mol. The summed E-state index contributed by atoms with van der Waals surface area (Å²) < 4.78 is 11.2. The lowest BCUT2D eigenvalue weighted by atomic mass is 10.1. The van der Waals surface area contributed by atoms with E-state index in [1.54, 1.807) is 0 Å². The maximum Gasteiger partial charge on any atom is 0.0246 e. The van der Waals surface area contributed by atoms with Gasteiger partial charge in [0.15, 0.2) is 0 Å². The summed E-state index contributed by atoms with van der Waals surface area (Å²) in [7, 11) is -0.637. The molecule has 2 heterocycles. The molecule has 0 aromatic rings. The van der Waals surface area contributed by atoms with Crippen LogP contribution in [0.1, 0.15) is 32.6 Å². The predicted octanol–water partition coefficient (Wildman–Crippen LogP) is 1.31. The second kappa shape index (κ2) is 6.30. The molecule has 2 rings (SSSR count). The molecule has 2 fully saturated rings. The molecule has 2 aliphatic heterocycles. The molecule has 3 nitrogen and oxygen atoms in total. The van der Waals surface area contributed by atoms with Crippen molar-refractivity contribution in [3.05, 3.63) is 0 Å². The maximum absolute atomic E-state index is 11.2. The minimum absolute atomic E-state index is 0.597. The zero-order valence-corrected chi connectivity index (χ0v) is 12.0. The molecule has 0 saturated carbocycles. The van der Waals surface area contributed by atoms with Crippen LogP contribution in [0.3, 0.4) is 0 Å². The van der Waals surface area contributed by atoms with Gasteiger partial charge in [-0.25, -0.2) is 0 Å². The van der Waals surface area contributed by atoms with E-state index in [4.69, 9.17) is 0 Å². The van der Waals surface area contributed by atoms with Crippen molar-refractivity contribution in [3.63, 3.8) is 0 Å². The lowest BCUT2D eigenvalue weighted by Crippen LogP contribution is -2.41. The van der Waals surface area contributed by atoms with Gasteiger partial charge in [-0.05, 0) is 52.2 Å². The molecule has 4 heteroatoms. The summed E-state index contributed by atoms with van der Waals surface area (Å²) in [4.78, 5) is 5.30. The smallest absolute Gasteiger partial charge is 0.0246 e. The molecule has 100 valence electrons. The fraction of sp³-hybridized carbons (Fsp3) is 1.00. The Morgan fingerprint density at radius 1 is 1.29 bits per heavy atom. The third-order valence-electron chi connectivity index (χ3n) is 4.28. The van der Waals surface area contributed by atoms with Crippen LogP contribution >= 0.6 is 0 Å². The Hall–Kier alpha value is 0.0700. The van der Waals surface area contributed by atoms with Crippen molar-refractivity contribution in [1.29, 1.82) is 0 Å². The van der Waals surface area contributed by atoms with Crippen LogP contribution in [0, 0.1) is 0 Å². The van der Waals surface area contributed by atoms with Crippen molar-refractivity contribution in [2.24, 2.45) is 0 Å². The average Bonchev–Trinajstić information content (AvgIpc) is 2.63. The van der Waals surface area contributed by atoms with Crippen molar-refractivity contribution in [3.8, 4) is 0 Å². The quantitative estimate of drug-likeness (QED) is 0.760. The van der Waals surface area contributed by atoms with Crippen molar-refractivity contribution in [2.75, 3.05) is 38.2 Å². The van der Waals surface area contributed by atoms with Crippen molar-refractivity contribution in [1.82, 2.24) is 9.80 Å². The third-order valence-corrected chi connectivity index (χ3v) is 5.09. The molecule has 0 aromatic carbocycles. The Kier molecular flexibility index (Phi) is 5.00. The first-order valence-electron chi connectivity index (χ1n) is 6.95. The van der Waals surface area contributed by atoms with E-state index in [0.29, 0.717) is 6.04 Å². The van der Waals surface area contributed by atoms with Gasteiger partial charge in [0.2, 0.25) is 0 Å².